The van der Waals surface area contributed by atoms with Gasteiger partial charge in [0.25, 0.3) is 0 Å². The average molecular weight is 354 g/mol. The number of amides is 2. The van der Waals surface area contributed by atoms with Crippen LogP contribution in [0.1, 0.15) is 17.3 Å². The zero-order valence-electron chi connectivity index (χ0n) is 13.7. The maximum Gasteiger partial charge on any atom is 0.337 e. The summed E-state index contributed by atoms with van der Waals surface area (Å²) in [6.45, 7) is 3.69. The molecular weight excluding hydrogens is 334 g/mol. The number of esters is 1. The summed E-state index contributed by atoms with van der Waals surface area (Å²) in [5, 5.41) is 3.37. The monoisotopic (exact) mass is 353 g/mol. The molecule has 0 atom stereocenters. The molecule has 2 rings (SSSR count). The SMILES string of the molecule is COC(=O)c1ccc(Cl)c(NCC(=O)N2CCN(C(C)=O)CC2)c1. The van der Waals surface area contributed by atoms with Gasteiger partial charge in [0.2, 0.25) is 11.8 Å². The van der Waals surface area contributed by atoms with Gasteiger partial charge in [-0.3, -0.25) is 9.59 Å². The predicted molar refractivity (Wildman–Crippen MR) is 90.1 cm³/mol. The summed E-state index contributed by atoms with van der Waals surface area (Å²) in [4.78, 5) is 38.5. The number of hydrogen-bond donors (Lipinski definition) is 1. The maximum absolute atomic E-state index is 12.3. The standard InChI is InChI=1S/C16H20ClN3O4/c1-11(21)19-5-7-20(8-6-19)15(22)10-18-14-9-12(16(23)24-2)3-4-13(14)17/h3-4,9,18H,5-8,10H2,1-2H3. The van der Waals surface area contributed by atoms with Crippen LogP contribution in [0.15, 0.2) is 18.2 Å². The minimum atomic E-state index is -0.471. The summed E-state index contributed by atoms with van der Waals surface area (Å²) in [7, 11) is 1.30. The van der Waals surface area contributed by atoms with Crippen molar-refractivity contribution in [2.24, 2.45) is 0 Å². The van der Waals surface area contributed by atoms with Crippen LogP contribution in [-0.2, 0) is 14.3 Å². The van der Waals surface area contributed by atoms with Crippen molar-refractivity contribution in [3.8, 4) is 0 Å². The fourth-order valence-corrected chi connectivity index (χ4v) is 2.64. The fraction of sp³-hybridized carbons (Fsp3) is 0.438. The molecule has 1 aromatic carbocycles. The van der Waals surface area contributed by atoms with Crippen LogP contribution in [0.5, 0.6) is 0 Å². The van der Waals surface area contributed by atoms with Crippen LogP contribution in [0, 0.1) is 0 Å². The highest BCUT2D eigenvalue weighted by Gasteiger charge is 2.22. The molecule has 1 heterocycles. The molecular formula is C16H20ClN3O4. The summed E-state index contributed by atoms with van der Waals surface area (Å²) in [6.07, 6.45) is 0. The van der Waals surface area contributed by atoms with Crippen molar-refractivity contribution in [1.29, 1.82) is 0 Å². The quantitative estimate of drug-likeness (QED) is 0.824. The van der Waals surface area contributed by atoms with Gasteiger partial charge < -0.3 is 19.9 Å². The van der Waals surface area contributed by atoms with E-state index >= 15 is 0 Å². The van der Waals surface area contributed by atoms with Crippen molar-refractivity contribution in [3.05, 3.63) is 28.8 Å². The maximum atomic E-state index is 12.3. The number of nitrogens with one attached hydrogen (secondary N) is 1. The molecule has 0 unspecified atom stereocenters. The van der Waals surface area contributed by atoms with E-state index in [-0.39, 0.29) is 18.4 Å². The lowest BCUT2D eigenvalue weighted by atomic mass is 10.2. The molecule has 1 saturated heterocycles. The van der Waals surface area contributed by atoms with Gasteiger partial charge in [0, 0.05) is 33.1 Å². The molecule has 2 amide bonds. The molecule has 1 aliphatic rings. The average Bonchev–Trinajstić information content (AvgIpc) is 2.60. The molecule has 1 N–H and O–H groups in total. The van der Waals surface area contributed by atoms with Gasteiger partial charge in [-0.25, -0.2) is 4.79 Å². The zero-order chi connectivity index (χ0) is 17.7. The summed E-state index contributed by atoms with van der Waals surface area (Å²) in [5.41, 5.74) is 0.849. The number of hydrogen-bond acceptors (Lipinski definition) is 5. The van der Waals surface area contributed by atoms with Gasteiger partial charge in [-0.15, -0.1) is 0 Å². The lowest BCUT2D eigenvalue weighted by molar-refractivity contribution is -0.137. The van der Waals surface area contributed by atoms with Crippen molar-refractivity contribution in [3.63, 3.8) is 0 Å². The molecule has 24 heavy (non-hydrogen) atoms. The van der Waals surface area contributed by atoms with Gasteiger partial charge in [-0.05, 0) is 18.2 Å². The van der Waals surface area contributed by atoms with Gasteiger partial charge in [0.1, 0.15) is 0 Å². The number of carbonyl (C=O) groups is 3. The molecule has 8 heteroatoms. The summed E-state index contributed by atoms with van der Waals surface area (Å²) in [6, 6.07) is 4.68. The Kier molecular flexibility index (Phi) is 6.03. The van der Waals surface area contributed by atoms with E-state index in [9.17, 15) is 14.4 Å². The molecule has 0 aliphatic carbocycles. The predicted octanol–water partition coefficient (Wildman–Crippen LogP) is 1.23. The van der Waals surface area contributed by atoms with Crippen LogP contribution in [0.4, 0.5) is 5.69 Å². The van der Waals surface area contributed by atoms with Gasteiger partial charge in [-0.1, -0.05) is 11.6 Å². The van der Waals surface area contributed by atoms with Gasteiger partial charge in [-0.2, -0.15) is 0 Å². The molecule has 0 radical (unpaired) electrons. The Morgan fingerprint density at radius 3 is 2.38 bits per heavy atom. The first-order valence-corrected chi connectivity index (χ1v) is 7.95. The largest absolute Gasteiger partial charge is 0.465 e. The van der Waals surface area contributed by atoms with E-state index in [2.05, 4.69) is 10.1 Å². The van der Waals surface area contributed by atoms with Crippen LogP contribution in [-0.4, -0.2) is 67.4 Å². The van der Waals surface area contributed by atoms with Crippen LogP contribution in [0.25, 0.3) is 0 Å². The molecule has 0 saturated carbocycles. The Morgan fingerprint density at radius 2 is 1.79 bits per heavy atom. The highest BCUT2D eigenvalue weighted by atomic mass is 35.5. The first-order valence-electron chi connectivity index (χ1n) is 7.57. The lowest BCUT2D eigenvalue weighted by Crippen LogP contribution is -2.51. The Balaban J connectivity index is 1.92. The summed E-state index contributed by atoms with van der Waals surface area (Å²) in [5.74, 6) is -0.536. The topological polar surface area (TPSA) is 79.0 Å². The van der Waals surface area contributed by atoms with E-state index < -0.39 is 5.97 Å². The highest BCUT2D eigenvalue weighted by molar-refractivity contribution is 6.33. The number of nitrogens with zero attached hydrogens (tertiary/aromatic N) is 2. The van der Waals surface area contributed by atoms with Crippen LogP contribution >= 0.6 is 11.6 Å². The molecule has 130 valence electrons. The van der Waals surface area contributed by atoms with E-state index in [1.165, 1.54) is 14.0 Å². The van der Waals surface area contributed by atoms with Crippen molar-refractivity contribution in [2.75, 3.05) is 45.2 Å². The normalized spacial score (nSPS) is 14.3. The molecule has 7 nitrogen and oxygen atoms in total. The van der Waals surface area contributed by atoms with E-state index in [0.717, 1.165) is 0 Å². The number of anilines is 1. The Labute approximate surface area is 145 Å². The van der Waals surface area contributed by atoms with Crippen molar-refractivity contribution in [1.82, 2.24) is 9.80 Å². The van der Waals surface area contributed by atoms with Crippen molar-refractivity contribution >= 4 is 35.1 Å². The number of ether oxygens (including phenoxy) is 1. The third kappa shape index (κ3) is 4.38. The van der Waals surface area contributed by atoms with Crippen LogP contribution in [0.2, 0.25) is 5.02 Å². The molecule has 1 fully saturated rings. The van der Waals surface area contributed by atoms with Crippen molar-refractivity contribution in [2.45, 2.75) is 6.92 Å². The second-order valence-corrected chi connectivity index (χ2v) is 5.83. The number of piperazine rings is 1. The van der Waals surface area contributed by atoms with E-state index in [1.54, 1.807) is 28.0 Å². The second kappa shape index (κ2) is 8.01. The molecule has 1 aliphatic heterocycles. The van der Waals surface area contributed by atoms with Gasteiger partial charge >= 0.3 is 5.97 Å². The Morgan fingerprint density at radius 1 is 1.17 bits per heavy atom. The minimum absolute atomic E-state index is 0.0200. The van der Waals surface area contributed by atoms with Crippen LogP contribution < -0.4 is 5.32 Å². The zero-order valence-corrected chi connectivity index (χ0v) is 14.4. The number of methoxy groups -OCH3 is 1. The van der Waals surface area contributed by atoms with Crippen molar-refractivity contribution < 1.29 is 19.1 Å². The highest BCUT2D eigenvalue weighted by Crippen LogP contribution is 2.23. The first kappa shape index (κ1) is 18.1. The number of carbonyl (C=O) groups excluding carboxylic acids is 3. The Hall–Kier alpha value is -2.28. The van der Waals surface area contributed by atoms with E-state index in [4.69, 9.17) is 11.6 Å². The minimum Gasteiger partial charge on any atom is -0.465 e. The van der Waals surface area contributed by atoms with Gasteiger partial charge in [0.15, 0.2) is 0 Å². The molecule has 0 spiro atoms. The third-order valence-electron chi connectivity index (χ3n) is 3.90. The smallest absolute Gasteiger partial charge is 0.337 e. The summed E-state index contributed by atoms with van der Waals surface area (Å²) < 4.78 is 4.66. The molecule has 0 aromatic heterocycles. The second-order valence-electron chi connectivity index (χ2n) is 5.43. The number of rotatable bonds is 4. The van der Waals surface area contributed by atoms with Gasteiger partial charge in [0.05, 0.1) is 29.9 Å². The van der Waals surface area contributed by atoms with E-state index in [1.807, 2.05) is 0 Å². The number of halogens is 1. The number of benzene rings is 1. The third-order valence-corrected chi connectivity index (χ3v) is 4.22. The molecule has 1 aromatic rings. The lowest BCUT2D eigenvalue weighted by Gasteiger charge is -2.34. The van der Waals surface area contributed by atoms with E-state index in [0.29, 0.717) is 42.5 Å². The molecule has 0 bridgehead atoms. The fourth-order valence-electron chi connectivity index (χ4n) is 2.46. The van der Waals surface area contributed by atoms with Crippen LogP contribution in [0.3, 0.4) is 0 Å². The summed E-state index contributed by atoms with van der Waals surface area (Å²) >= 11 is 6.08. The Bertz CT molecular complexity index is 642. The first-order chi connectivity index (χ1) is 11.4.